The maximum atomic E-state index is 12.8. The van der Waals surface area contributed by atoms with Gasteiger partial charge < -0.3 is 19.4 Å². The van der Waals surface area contributed by atoms with E-state index in [1.165, 1.54) is 23.1 Å². The first-order valence-corrected chi connectivity index (χ1v) is 13.8. The average molecular weight is 548 g/mol. The van der Waals surface area contributed by atoms with Crippen LogP contribution >= 0.6 is 23.1 Å². The van der Waals surface area contributed by atoms with Crippen molar-refractivity contribution in [1.82, 2.24) is 14.8 Å². The van der Waals surface area contributed by atoms with Crippen molar-refractivity contribution in [2.24, 2.45) is 0 Å². The Kier molecular flexibility index (Phi) is 9.05. The molecule has 8 nitrogen and oxygen atoms in total. The molecule has 0 bridgehead atoms. The molecule has 0 saturated carbocycles. The van der Waals surface area contributed by atoms with Crippen molar-refractivity contribution < 1.29 is 14.3 Å². The third kappa shape index (κ3) is 6.36. The molecule has 2 heterocycles. The molecule has 0 unspecified atom stereocenters. The lowest BCUT2D eigenvalue weighted by Crippen LogP contribution is -2.15. The molecule has 0 spiro atoms. The number of carbonyl (C=O) groups is 1. The Hall–Kier alpha value is -3.81. The van der Waals surface area contributed by atoms with E-state index >= 15 is 0 Å². The molecule has 0 atom stereocenters. The van der Waals surface area contributed by atoms with Gasteiger partial charge in [0.15, 0.2) is 16.7 Å². The van der Waals surface area contributed by atoms with E-state index in [1.807, 2.05) is 50.2 Å². The van der Waals surface area contributed by atoms with Crippen LogP contribution in [-0.4, -0.2) is 40.6 Å². The summed E-state index contributed by atoms with van der Waals surface area (Å²) < 4.78 is 12.9. The molecule has 0 radical (unpaired) electrons. The Bertz CT molecular complexity index is 1460. The number of ether oxygens (including phenoxy) is 2. The van der Waals surface area contributed by atoms with Crippen LogP contribution in [0.2, 0.25) is 0 Å². The normalized spacial score (nSPS) is 10.7. The Balaban J connectivity index is 1.51. The summed E-state index contributed by atoms with van der Waals surface area (Å²) in [5.74, 6) is 2.16. The molecule has 0 aliphatic carbocycles. The van der Waals surface area contributed by atoms with Crippen LogP contribution in [0.25, 0.3) is 0 Å². The average Bonchev–Trinajstić information content (AvgIpc) is 3.44. The van der Waals surface area contributed by atoms with E-state index in [4.69, 9.17) is 9.47 Å². The molecule has 2 aromatic carbocycles. The minimum absolute atomic E-state index is 0.153. The smallest absolute Gasteiger partial charge is 0.235 e. The molecule has 4 rings (SSSR count). The van der Waals surface area contributed by atoms with E-state index in [0.717, 1.165) is 33.8 Å². The zero-order valence-electron chi connectivity index (χ0n) is 21.8. The second-order valence-corrected chi connectivity index (χ2v) is 10.8. The number of benzene rings is 2. The Morgan fingerprint density at radius 1 is 1.08 bits per heavy atom. The van der Waals surface area contributed by atoms with Gasteiger partial charge in [0.25, 0.3) is 0 Å². The lowest BCUT2D eigenvalue weighted by atomic mass is 10.1. The van der Waals surface area contributed by atoms with Crippen LogP contribution in [-0.2, 0) is 24.2 Å². The largest absolute Gasteiger partial charge is 0.493 e. The molecule has 196 valence electrons. The van der Waals surface area contributed by atoms with E-state index in [-0.39, 0.29) is 11.7 Å². The predicted octanol–water partition coefficient (Wildman–Crippen LogP) is 5.41. The molecular formula is C28H29N5O3S2. The number of carbonyl (C=O) groups excluding carboxylic acids is 1. The molecular weight excluding hydrogens is 518 g/mol. The Labute approximate surface area is 230 Å². The first kappa shape index (κ1) is 27.2. The topological polar surface area (TPSA) is 102 Å². The van der Waals surface area contributed by atoms with Crippen LogP contribution in [0.1, 0.15) is 33.0 Å². The zero-order valence-corrected chi connectivity index (χ0v) is 23.4. The molecule has 1 amide bonds. The van der Waals surface area contributed by atoms with Crippen LogP contribution in [0, 0.1) is 25.2 Å². The fourth-order valence-electron chi connectivity index (χ4n) is 3.98. The fraction of sp³-hybridized carbons (Fsp3) is 0.286. The highest BCUT2D eigenvalue weighted by Gasteiger charge is 2.18. The van der Waals surface area contributed by atoms with Gasteiger partial charge in [0.1, 0.15) is 16.9 Å². The number of hydrogen-bond donors (Lipinski definition) is 1. The fourth-order valence-corrected chi connectivity index (χ4v) is 5.79. The number of hydrogen-bond acceptors (Lipinski definition) is 8. The van der Waals surface area contributed by atoms with Crippen molar-refractivity contribution >= 4 is 34.0 Å². The van der Waals surface area contributed by atoms with Gasteiger partial charge in [-0.2, -0.15) is 5.26 Å². The van der Waals surface area contributed by atoms with Crippen LogP contribution < -0.4 is 14.8 Å². The number of aromatic nitrogens is 3. The lowest BCUT2D eigenvalue weighted by Gasteiger charge is -2.12. The van der Waals surface area contributed by atoms with Gasteiger partial charge in [0.2, 0.25) is 5.91 Å². The van der Waals surface area contributed by atoms with Crippen LogP contribution in [0.4, 0.5) is 5.00 Å². The van der Waals surface area contributed by atoms with Gasteiger partial charge in [-0.15, -0.1) is 21.5 Å². The standard InChI is InChI=1S/C28H29N5O3S2/c1-18-19(2)38-27(22(18)16-29)30-26(34)17-37-28-32-31-25(15-20-8-6-5-7-9-20)33(28)13-12-21-10-11-23(35-3)24(14-21)36-4/h5-11,14H,12-13,15,17H2,1-4H3,(H,30,34). The molecule has 0 aliphatic heterocycles. The third-order valence-corrected chi connectivity index (χ3v) is 8.24. The van der Waals surface area contributed by atoms with E-state index in [0.29, 0.717) is 40.2 Å². The van der Waals surface area contributed by atoms with E-state index < -0.39 is 0 Å². The minimum Gasteiger partial charge on any atom is -0.493 e. The van der Waals surface area contributed by atoms with Gasteiger partial charge in [-0.05, 0) is 49.1 Å². The number of anilines is 1. The number of rotatable bonds is 11. The van der Waals surface area contributed by atoms with Gasteiger partial charge in [-0.1, -0.05) is 48.2 Å². The van der Waals surface area contributed by atoms with Crippen molar-refractivity contribution in [2.75, 3.05) is 25.3 Å². The van der Waals surface area contributed by atoms with Gasteiger partial charge in [-0.25, -0.2) is 0 Å². The van der Waals surface area contributed by atoms with Crippen LogP contribution in [0.15, 0.2) is 53.7 Å². The SMILES string of the molecule is COc1ccc(CCn2c(Cc3ccccc3)nnc2SCC(=O)Nc2sc(C)c(C)c2C#N)cc1OC. The van der Waals surface area contributed by atoms with Gasteiger partial charge in [-0.3, -0.25) is 4.79 Å². The Morgan fingerprint density at radius 3 is 2.55 bits per heavy atom. The number of amides is 1. The van der Waals surface area contributed by atoms with Crippen molar-refractivity contribution in [1.29, 1.82) is 5.26 Å². The summed E-state index contributed by atoms with van der Waals surface area (Å²) in [6.07, 6.45) is 1.35. The predicted molar refractivity (Wildman–Crippen MR) is 150 cm³/mol. The molecule has 4 aromatic rings. The lowest BCUT2D eigenvalue weighted by molar-refractivity contribution is -0.113. The second kappa shape index (κ2) is 12.6. The van der Waals surface area contributed by atoms with E-state index in [9.17, 15) is 10.1 Å². The maximum Gasteiger partial charge on any atom is 0.235 e. The van der Waals surface area contributed by atoms with E-state index in [1.54, 1.807) is 14.2 Å². The Morgan fingerprint density at radius 2 is 1.84 bits per heavy atom. The summed E-state index contributed by atoms with van der Waals surface area (Å²) in [6.45, 7) is 4.47. The second-order valence-electron chi connectivity index (χ2n) is 8.59. The quantitative estimate of drug-likeness (QED) is 0.251. The number of nitriles is 1. The highest BCUT2D eigenvalue weighted by molar-refractivity contribution is 7.99. The van der Waals surface area contributed by atoms with E-state index in [2.05, 4.69) is 38.3 Å². The first-order chi connectivity index (χ1) is 18.4. The third-order valence-electron chi connectivity index (χ3n) is 6.15. The summed E-state index contributed by atoms with van der Waals surface area (Å²) in [5, 5.41) is 22.5. The van der Waals surface area contributed by atoms with Gasteiger partial charge >= 0.3 is 0 Å². The number of thiophene rings is 1. The molecule has 0 aliphatic rings. The summed E-state index contributed by atoms with van der Waals surface area (Å²) in [4.78, 5) is 13.8. The summed E-state index contributed by atoms with van der Waals surface area (Å²) >= 11 is 2.75. The van der Waals surface area contributed by atoms with Crippen molar-refractivity contribution in [3.05, 3.63) is 81.5 Å². The van der Waals surface area contributed by atoms with Crippen molar-refractivity contribution in [3.63, 3.8) is 0 Å². The number of aryl methyl sites for hydroxylation is 2. The zero-order chi connectivity index (χ0) is 27.1. The number of nitrogens with zero attached hydrogens (tertiary/aromatic N) is 4. The summed E-state index contributed by atoms with van der Waals surface area (Å²) in [7, 11) is 3.24. The molecule has 10 heteroatoms. The highest BCUT2D eigenvalue weighted by Crippen LogP contribution is 2.32. The minimum atomic E-state index is -0.188. The maximum absolute atomic E-state index is 12.8. The van der Waals surface area contributed by atoms with Gasteiger partial charge in [0, 0.05) is 17.8 Å². The monoisotopic (exact) mass is 547 g/mol. The van der Waals surface area contributed by atoms with Crippen molar-refractivity contribution in [2.45, 2.75) is 38.4 Å². The highest BCUT2D eigenvalue weighted by atomic mass is 32.2. The number of nitrogens with one attached hydrogen (secondary N) is 1. The first-order valence-electron chi connectivity index (χ1n) is 12.0. The summed E-state index contributed by atoms with van der Waals surface area (Å²) in [6, 6.07) is 18.2. The molecule has 2 aromatic heterocycles. The molecule has 38 heavy (non-hydrogen) atoms. The number of methoxy groups -OCH3 is 2. The van der Waals surface area contributed by atoms with Crippen LogP contribution in [0.3, 0.4) is 0 Å². The van der Waals surface area contributed by atoms with Crippen LogP contribution in [0.5, 0.6) is 11.5 Å². The molecule has 0 fully saturated rings. The van der Waals surface area contributed by atoms with Crippen molar-refractivity contribution in [3.8, 4) is 17.6 Å². The summed E-state index contributed by atoms with van der Waals surface area (Å²) in [5.41, 5.74) is 3.65. The molecule has 0 saturated heterocycles. The number of thioether (sulfide) groups is 1. The van der Waals surface area contributed by atoms with Gasteiger partial charge in [0.05, 0.1) is 25.5 Å². The molecule has 1 N–H and O–H groups in total.